The molecule has 0 bridgehead atoms. The number of aryl methyl sites for hydroxylation is 2. The zero-order chi connectivity index (χ0) is 32.5. The summed E-state index contributed by atoms with van der Waals surface area (Å²) in [6.07, 6.45) is 3.93. The van der Waals surface area contributed by atoms with Gasteiger partial charge in [0.2, 0.25) is 0 Å². The molecule has 0 spiro atoms. The second kappa shape index (κ2) is 15.3. The van der Waals surface area contributed by atoms with Gasteiger partial charge in [-0.15, -0.1) is 6.58 Å². The van der Waals surface area contributed by atoms with Crippen LogP contribution >= 0.6 is 15.9 Å². The van der Waals surface area contributed by atoms with Crippen LogP contribution in [0.5, 0.6) is 17.2 Å². The Morgan fingerprint density at radius 2 is 1.67 bits per heavy atom. The number of nitrogens with one attached hydrogen (secondary N) is 1. The van der Waals surface area contributed by atoms with Crippen molar-refractivity contribution in [3.63, 3.8) is 0 Å². The monoisotopic (exact) mass is 681 g/mol. The normalized spacial score (nSPS) is 11.0. The Morgan fingerprint density at radius 1 is 0.935 bits per heavy atom. The van der Waals surface area contributed by atoms with Crippen LogP contribution in [0.2, 0.25) is 0 Å². The first-order chi connectivity index (χ1) is 22.3. The molecule has 1 amide bonds. The number of aromatic nitrogens is 1. The predicted molar refractivity (Wildman–Crippen MR) is 183 cm³/mol. The third kappa shape index (κ3) is 8.17. The lowest BCUT2D eigenvalue weighted by Gasteiger charge is -2.17. The van der Waals surface area contributed by atoms with Gasteiger partial charge >= 0.3 is 5.91 Å². The first kappa shape index (κ1) is 32.4. The molecule has 3 aromatic carbocycles. The van der Waals surface area contributed by atoms with Crippen molar-refractivity contribution in [2.45, 2.75) is 40.4 Å². The zero-order valence-electron chi connectivity index (χ0n) is 26.1. The van der Waals surface area contributed by atoms with E-state index in [4.69, 9.17) is 18.6 Å². The number of allylic oxidation sites excluding steroid dienone is 1. The van der Waals surface area contributed by atoms with Crippen molar-refractivity contribution in [3.8, 4) is 22.9 Å². The Balaban J connectivity index is 1.19. The maximum atomic E-state index is 12.7. The molecule has 46 heavy (non-hydrogen) atoms. The number of halogens is 1. The van der Waals surface area contributed by atoms with Crippen LogP contribution in [0.3, 0.4) is 0 Å². The fraction of sp³-hybridized carbons (Fsp3) is 0.189. The van der Waals surface area contributed by atoms with Gasteiger partial charge in [0.1, 0.15) is 24.7 Å². The summed E-state index contributed by atoms with van der Waals surface area (Å²) in [5, 5.41) is 4.15. The van der Waals surface area contributed by atoms with E-state index in [0.29, 0.717) is 42.6 Å². The highest BCUT2D eigenvalue weighted by molar-refractivity contribution is 9.10. The zero-order valence-corrected chi connectivity index (χ0v) is 27.7. The van der Waals surface area contributed by atoms with Gasteiger partial charge in [0.15, 0.2) is 17.3 Å². The minimum atomic E-state index is -0.477. The van der Waals surface area contributed by atoms with Crippen LogP contribution in [0.4, 0.5) is 0 Å². The molecule has 236 valence electrons. The summed E-state index contributed by atoms with van der Waals surface area (Å²) in [6, 6.07) is 27.1. The quantitative estimate of drug-likeness (QED) is 0.0721. The van der Waals surface area contributed by atoms with Crippen LogP contribution in [-0.2, 0) is 19.6 Å². The molecule has 0 saturated carbocycles. The van der Waals surface area contributed by atoms with Gasteiger partial charge in [-0.1, -0.05) is 34.1 Å². The minimum absolute atomic E-state index is 0.128. The van der Waals surface area contributed by atoms with E-state index in [1.165, 1.54) is 11.4 Å². The topological polar surface area (TPSA) is 87.2 Å². The van der Waals surface area contributed by atoms with Gasteiger partial charge in [-0.25, -0.2) is 5.43 Å². The van der Waals surface area contributed by atoms with Gasteiger partial charge < -0.3 is 23.2 Å². The van der Waals surface area contributed by atoms with E-state index < -0.39 is 5.91 Å². The molecule has 0 aliphatic carbocycles. The lowest BCUT2D eigenvalue weighted by molar-refractivity contribution is 0.0923. The maximum absolute atomic E-state index is 12.7. The highest BCUT2D eigenvalue weighted by Gasteiger charge is 2.15. The molecular weight excluding hydrogens is 646 g/mol. The molecular formula is C37H36BrN3O5. The Kier molecular flexibility index (Phi) is 10.8. The second-order valence-corrected chi connectivity index (χ2v) is 11.5. The van der Waals surface area contributed by atoms with Crippen LogP contribution in [-0.4, -0.2) is 23.3 Å². The van der Waals surface area contributed by atoms with E-state index in [1.807, 2.05) is 67.6 Å². The summed E-state index contributed by atoms with van der Waals surface area (Å²) in [7, 11) is 0. The van der Waals surface area contributed by atoms with Gasteiger partial charge in [-0.3, -0.25) is 4.79 Å². The Morgan fingerprint density at radius 3 is 2.37 bits per heavy atom. The molecule has 2 aromatic heterocycles. The number of carbonyl (C=O) groups is 1. The van der Waals surface area contributed by atoms with E-state index in [0.717, 1.165) is 26.9 Å². The molecule has 1 N–H and O–H groups in total. The van der Waals surface area contributed by atoms with Gasteiger partial charge in [-0.2, -0.15) is 5.10 Å². The summed E-state index contributed by atoms with van der Waals surface area (Å²) in [5.74, 6) is 2.11. The Hall–Kier alpha value is -5.02. The summed E-state index contributed by atoms with van der Waals surface area (Å²) in [5.41, 5.74) is 8.59. The number of furan rings is 1. The minimum Gasteiger partial charge on any atom is -0.490 e. The average Bonchev–Trinajstić information content (AvgIpc) is 3.67. The molecule has 0 saturated heterocycles. The van der Waals surface area contributed by atoms with Gasteiger partial charge in [0.05, 0.1) is 12.8 Å². The van der Waals surface area contributed by atoms with Crippen molar-refractivity contribution in [2.75, 3.05) is 6.61 Å². The van der Waals surface area contributed by atoms with Gasteiger partial charge in [-0.05, 0) is 111 Å². The number of hydrazone groups is 1. The SMILES string of the molecule is C=CCc1cc(/C=N/NC(=O)c2ccc(COc3ccc(-n4c(C)ccc4C)cc3)o2)cc(OCC)c1OCc1ccc(Br)cc1. The molecule has 0 atom stereocenters. The molecule has 5 rings (SSSR count). The van der Waals surface area contributed by atoms with Crippen molar-refractivity contribution in [1.29, 1.82) is 0 Å². The predicted octanol–water partition coefficient (Wildman–Crippen LogP) is 8.50. The summed E-state index contributed by atoms with van der Waals surface area (Å²) >= 11 is 3.46. The molecule has 2 heterocycles. The van der Waals surface area contributed by atoms with E-state index in [-0.39, 0.29) is 12.4 Å². The van der Waals surface area contributed by atoms with Crippen LogP contribution in [0.15, 0.2) is 112 Å². The van der Waals surface area contributed by atoms with Crippen LogP contribution in [0, 0.1) is 13.8 Å². The Bertz CT molecular complexity index is 1800. The molecule has 0 fully saturated rings. The average molecular weight is 683 g/mol. The number of hydrogen-bond acceptors (Lipinski definition) is 6. The highest BCUT2D eigenvalue weighted by Crippen LogP contribution is 2.34. The van der Waals surface area contributed by atoms with E-state index in [1.54, 1.807) is 24.4 Å². The van der Waals surface area contributed by atoms with E-state index in [9.17, 15) is 4.79 Å². The first-order valence-electron chi connectivity index (χ1n) is 14.9. The standard InChI is InChI=1S/C37H36BrN3O5/c1-5-7-29-20-28(21-35(43-6-2)36(29)45-23-27-10-12-30(38)13-11-27)22-39-40-37(42)34-19-18-33(46-34)24-44-32-16-14-31(15-17-32)41-25(3)8-9-26(41)4/h5,8-22H,1,6-7,23-24H2,2-4H3,(H,40,42)/b39-22+. The van der Waals surface area contributed by atoms with Crippen molar-refractivity contribution in [3.05, 3.63) is 142 Å². The summed E-state index contributed by atoms with van der Waals surface area (Å²) in [6.45, 7) is 11.0. The number of benzene rings is 3. The molecule has 9 heteroatoms. The van der Waals surface area contributed by atoms with Crippen LogP contribution in [0.25, 0.3) is 5.69 Å². The van der Waals surface area contributed by atoms with Crippen molar-refractivity contribution < 1.29 is 23.4 Å². The molecule has 0 aliphatic heterocycles. The lowest BCUT2D eigenvalue weighted by atomic mass is 10.1. The molecule has 0 unspecified atom stereocenters. The number of amides is 1. The van der Waals surface area contributed by atoms with Gasteiger partial charge in [0, 0.05) is 27.1 Å². The van der Waals surface area contributed by atoms with Gasteiger partial charge in [0.25, 0.3) is 0 Å². The smallest absolute Gasteiger partial charge is 0.307 e. The van der Waals surface area contributed by atoms with Crippen molar-refractivity contribution in [1.82, 2.24) is 9.99 Å². The summed E-state index contributed by atoms with van der Waals surface area (Å²) < 4.78 is 26.9. The first-order valence-corrected chi connectivity index (χ1v) is 15.7. The number of nitrogens with zero attached hydrogens (tertiary/aromatic N) is 2. The lowest BCUT2D eigenvalue weighted by Crippen LogP contribution is -2.16. The fourth-order valence-corrected chi connectivity index (χ4v) is 5.21. The van der Waals surface area contributed by atoms with E-state index in [2.05, 4.69) is 63.6 Å². The number of ether oxygens (including phenoxy) is 3. The third-order valence-corrected chi connectivity index (χ3v) is 7.66. The Labute approximate surface area is 277 Å². The van der Waals surface area contributed by atoms with Crippen LogP contribution < -0.4 is 19.6 Å². The third-order valence-electron chi connectivity index (χ3n) is 7.13. The molecule has 8 nitrogen and oxygen atoms in total. The number of hydrogen-bond donors (Lipinski definition) is 1. The second-order valence-electron chi connectivity index (χ2n) is 10.5. The number of rotatable bonds is 14. The van der Waals surface area contributed by atoms with Crippen molar-refractivity contribution >= 4 is 28.1 Å². The molecule has 0 radical (unpaired) electrons. The largest absolute Gasteiger partial charge is 0.490 e. The summed E-state index contributed by atoms with van der Waals surface area (Å²) in [4.78, 5) is 12.7. The van der Waals surface area contributed by atoms with Crippen LogP contribution in [0.1, 0.15) is 51.3 Å². The molecule has 0 aliphatic rings. The fourth-order valence-electron chi connectivity index (χ4n) is 4.95. The molecule has 5 aromatic rings. The maximum Gasteiger partial charge on any atom is 0.307 e. The van der Waals surface area contributed by atoms with E-state index >= 15 is 0 Å². The highest BCUT2D eigenvalue weighted by atomic mass is 79.9. The number of carbonyl (C=O) groups excluding carboxylic acids is 1. The van der Waals surface area contributed by atoms with Crippen molar-refractivity contribution in [2.24, 2.45) is 5.10 Å².